The van der Waals surface area contributed by atoms with E-state index in [0.29, 0.717) is 19.5 Å². The molecule has 1 aliphatic heterocycles. The van der Waals surface area contributed by atoms with Crippen molar-refractivity contribution >= 4 is 18.0 Å². The zero-order valence-corrected chi connectivity index (χ0v) is 19.9. The van der Waals surface area contributed by atoms with Crippen LogP contribution in [-0.4, -0.2) is 53.7 Å². The quantitative estimate of drug-likeness (QED) is 0.638. The zero-order valence-electron chi connectivity index (χ0n) is 19.9. The van der Waals surface area contributed by atoms with Crippen molar-refractivity contribution in [1.29, 1.82) is 0 Å². The maximum absolute atomic E-state index is 13.1. The molecule has 1 heterocycles. The smallest absolute Gasteiger partial charge is 0.407 e. The summed E-state index contributed by atoms with van der Waals surface area (Å²) in [6.07, 6.45) is 0.0463. The third-order valence-electron chi connectivity index (χ3n) is 6.75. The second kappa shape index (κ2) is 9.49. The molecule has 0 saturated carbocycles. The van der Waals surface area contributed by atoms with Gasteiger partial charge in [0.25, 0.3) is 0 Å². The maximum Gasteiger partial charge on any atom is 0.407 e. The number of nitrogens with one attached hydrogen (secondary N) is 1. The molecular weight excluding hydrogens is 432 g/mol. The second-order valence-corrected chi connectivity index (χ2v) is 10.3. The molecule has 0 unspecified atom stereocenters. The number of carboxylic acid groups (broad SMARTS) is 1. The summed E-state index contributed by atoms with van der Waals surface area (Å²) in [5, 5.41) is 11.6. The van der Waals surface area contributed by atoms with Gasteiger partial charge in [-0.15, -0.1) is 0 Å². The summed E-state index contributed by atoms with van der Waals surface area (Å²) >= 11 is 0. The van der Waals surface area contributed by atoms with Crippen LogP contribution in [-0.2, 0) is 14.3 Å². The van der Waals surface area contributed by atoms with E-state index in [-0.39, 0.29) is 30.8 Å². The van der Waals surface area contributed by atoms with Crippen LogP contribution in [0, 0.1) is 11.3 Å². The Morgan fingerprint density at radius 1 is 1.03 bits per heavy atom. The number of hydrogen-bond donors (Lipinski definition) is 2. The molecule has 0 aromatic heterocycles. The summed E-state index contributed by atoms with van der Waals surface area (Å²) in [5.41, 5.74) is 4.07. The predicted molar refractivity (Wildman–Crippen MR) is 128 cm³/mol. The molecule has 0 spiro atoms. The molecule has 1 fully saturated rings. The number of fused-ring (bicyclic) bond motifs is 3. The fourth-order valence-corrected chi connectivity index (χ4v) is 4.85. The van der Waals surface area contributed by atoms with Crippen molar-refractivity contribution in [3.05, 3.63) is 59.7 Å². The van der Waals surface area contributed by atoms with Crippen LogP contribution in [0.3, 0.4) is 0 Å². The molecule has 7 heteroatoms. The van der Waals surface area contributed by atoms with E-state index in [1.54, 1.807) is 4.90 Å². The topological polar surface area (TPSA) is 95.9 Å². The minimum Gasteiger partial charge on any atom is -0.481 e. The minimum atomic E-state index is -0.825. The number of nitrogens with zero attached hydrogens (tertiary/aromatic N) is 1. The van der Waals surface area contributed by atoms with Gasteiger partial charge in [-0.3, -0.25) is 9.59 Å². The molecule has 2 aromatic rings. The highest BCUT2D eigenvalue weighted by atomic mass is 16.5. The molecule has 1 aliphatic carbocycles. The number of carbonyl (C=O) groups excluding carboxylic acids is 2. The molecule has 4 rings (SSSR count). The van der Waals surface area contributed by atoms with Gasteiger partial charge in [-0.25, -0.2) is 4.79 Å². The first-order valence-electron chi connectivity index (χ1n) is 11.8. The Morgan fingerprint density at radius 2 is 1.59 bits per heavy atom. The molecule has 1 atom stereocenters. The lowest BCUT2D eigenvalue weighted by Gasteiger charge is -2.43. The molecule has 2 aromatic carbocycles. The summed E-state index contributed by atoms with van der Waals surface area (Å²) in [6, 6.07) is 15.6. The molecular formula is C27H32N2O5. The SMILES string of the molecule is CC(C)(C)[C@H](NC(=O)OCC1c2ccccc2-c2ccccc21)C(=O)N1CC(CCC(=O)O)C1. The maximum atomic E-state index is 13.1. The van der Waals surface area contributed by atoms with E-state index in [1.807, 2.05) is 45.0 Å². The van der Waals surface area contributed by atoms with Crippen LogP contribution in [0.2, 0.25) is 0 Å². The lowest BCUT2D eigenvalue weighted by atomic mass is 9.84. The average molecular weight is 465 g/mol. The normalized spacial score (nSPS) is 16.3. The van der Waals surface area contributed by atoms with Gasteiger partial charge < -0.3 is 20.1 Å². The molecule has 2 amide bonds. The van der Waals surface area contributed by atoms with Crippen LogP contribution >= 0.6 is 0 Å². The average Bonchev–Trinajstić information content (AvgIpc) is 3.07. The third-order valence-corrected chi connectivity index (χ3v) is 6.75. The number of amides is 2. The van der Waals surface area contributed by atoms with Crippen LogP contribution in [0.25, 0.3) is 11.1 Å². The van der Waals surface area contributed by atoms with Crippen molar-refractivity contribution in [2.75, 3.05) is 19.7 Å². The van der Waals surface area contributed by atoms with Gasteiger partial charge in [-0.2, -0.15) is 0 Å². The molecule has 2 aliphatic rings. The number of carbonyl (C=O) groups is 3. The van der Waals surface area contributed by atoms with E-state index in [9.17, 15) is 14.4 Å². The highest BCUT2D eigenvalue weighted by molar-refractivity contribution is 5.87. The van der Waals surface area contributed by atoms with Crippen molar-refractivity contribution in [1.82, 2.24) is 10.2 Å². The Hall–Kier alpha value is -3.35. The number of carboxylic acids is 1. The number of ether oxygens (including phenoxy) is 1. The van der Waals surface area contributed by atoms with Crippen LogP contribution < -0.4 is 5.32 Å². The number of rotatable bonds is 7. The molecule has 2 N–H and O–H groups in total. The largest absolute Gasteiger partial charge is 0.481 e. The number of aliphatic carboxylic acids is 1. The Balaban J connectivity index is 1.37. The van der Waals surface area contributed by atoms with Crippen LogP contribution in [0.5, 0.6) is 0 Å². The first-order chi connectivity index (χ1) is 16.1. The van der Waals surface area contributed by atoms with Gasteiger partial charge in [0, 0.05) is 25.4 Å². The molecule has 34 heavy (non-hydrogen) atoms. The summed E-state index contributed by atoms with van der Waals surface area (Å²) in [7, 11) is 0. The summed E-state index contributed by atoms with van der Waals surface area (Å²) in [5.74, 6) is -0.843. The van der Waals surface area contributed by atoms with Crippen LogP contribution in [0.15, 0.2) is 48.5 Å². The van der Waals surface area contributed by atoms with Gasteiger partial charge in [0.2, 0.25) is 5.91 Å². The summed E-state index contributed by atoms with van der Waals surface area (Å²) < 4.78 is 5.65. The number of hydrogen-bond acceptors (Lipinski definition) is 4. The van der Waals surface area contributed by atoms with E-state index in [2.05, 4.69) is 29.6 Å². The van der Waals surface area contributed by atoms with Crippen LogP contribution in [0.4, 0.5) is 4.79 Å². The third kappa shape index (κ3) is 4.93. The standard InChI is InChI=1S/C27H32N2O5/c1-27(2,3)24(25(32)29-14-17(15-29)12-13-23(30)31)28-26(33)34-16-22-20-10-6-4-8-18(20)19-9-5-7-11-21(19)22/h4-11,17,22,24H,12-16H2,1-3H3,(H,28,33)(H,30,31)/t24-/m1/s1. The van der Waals surface area contributed by atoms with E-state index < -0.39 is 23.5 Å². The number of alkyl carbamates (subject to hydrolysis) is 1. The van der Waals surface area contributed by atoms with Crippen molar-refractivity contribution in [3.8, 4) is 11.1 Å². The van der Waals surface area contributed by atoms with Crippen molar-refractivity contribution in [3.63, 3.8) is 0 Å². The first kappa shape index (κ1) is 23.8. The molecule has 7 nitrogen and oxygen atoms in total. The highest BCUT2D eigenvalue weighted by Crippen LogP contribution is 2.44. The van der Waals surface area contributed by atoms with E-state index in [4.69, 9.17) is 9.84 Å². The zero-order chi connectivity index (χ0) is 24.5. The lowest BCUT2D eigenvalue weighted by Crippen LogP contribution is -2.60. The Bertz CT molecular complexity index is 1040. The molecule has 1 saturated heterocycles. The minimum absolute atomic E-state index is 0.0488. The Labute approximate surface area is 200 Å². The van der Waals surface area contributed by atoms with Crippen molar-refractivity contribution < 1.29 is 24.2 Å². The Morgan fingerprint density at radius 3 is 2.12 bits per heavy atom. The molecule has 0 radical (unpaired) electrons. The monoisotopic (exact) mass is 464 g/mol. The fourth-order valence-electron chi connectivity index (χ4n) is 4.85. The first-order valence-corrected chi connectivity index (χ1v) is 11.8. The molecule has 180 valence electrons. The fraction of sp³-hybridized carbons (Fsp3) is 0.444. The van der Waals surface area contributed by atoms with E-state index in [0.717, 1.165) is 22.3 Å². The van der Waals surface area contributed by atoms with Gasteiger partial charge in [0.05, 0.1) is 0 Å². The second-order valence-electron chi connectivity index (χ2n) is 10.3. The van der Waals surface area contributed by atoms with E-state index >= 15 is 0 Å². The molecule has 0 bridgehead atoms. The van der Waals surface area contributed by atoms with Crippen LogP contribution in [0.1, 0.15) is 50.7 Å². The highest BCUT2D eigenvalue weighted by Gasteiger charge is 2.40. The predicted octanol–water partition coefficient (Wildman–Crippen LogP) is 4.26. The van der Waals surface area contributed by atoms with Gasteiger partial charge in [0.15, 0.2) is 0 Å². The van der Waals surface area contributed by atoms with Crippen molar-refractivity contribution in [2.24, 2.45) is 11.3 Å². The van der Waals surface area contributed by atoms with Gasteiger partial charge in [-0.1, -0.05) is 69.3 Å². The summed E-state index contributed by atoms with van der Waals surface area (Å²) in [4.78, 5) is 38.4. The van der Waals surface area contributed by atoms with Gasteiger partial charge >= 0.3 is 12.1 Å². The number of benzene rings is 2. The van der Waals surface area contributed by atoms with E-state index in [1.165, 1.54) is 0 Å². The van der Waals surface area contributed by atoms with Crippen molar-refractivity contribution in [2.45, 2.75) is 45.6 Å². The van der Waals surface area contributed by atoms with Gasteiger partial charge in [-0.05, 0) is 40.0 Å². The number of likely N-dealkylation sites (tertiary alicyclic amines) is 1. The Kier molecular flexibility index (Phi) is 6.64. The lowest BCUT2D eigenvalue weighted by molar-refractivity contribution is -0.143. The van der Waals surface area contributed by atoms with Gasteiger partial charge in [0.1, 0.15) is 12.6 Å². The summed E-state index contributed by atoms with van der Waals surface area (Å²) in [6.45, 7) is 6.94.